The number of ether oxygens (including phenoxy) is 1. The van der Waals surface area contributed by atoms with Gasteiger partial charge < -0.3 is 9.57 Å². The number of nitrogens with zero attached hydrogens (tertiary/aromatic N) is 5. The average Bonchev–Trinajstić information content (AvgIpc) is 3.08. The topological polar surface area (TPSA) is 89.3 Å². The van der Waals surface area contributed by atoms with Crippen LogP contribution in [0.3, 0.4) is 0 Å². The van der Waals surface area contributed by atoms with Gasteiger partial charge in [0.05, 0.1) is 24.5 Å². The Morgan fingerprint density at radius 2 is 1.93 bits per heavy atom. The molecule has 10 heteroatoms. The number of morpholine rings is 1. The van der Waals surface area contributed by atoms with Crippen LogP contribution in [0.4, 0.5) is 5.69 Å². The SMILES string of the molecule is CN1c2ccccc2/C(=N\OCCN2CCOCC2)c2cn(C)nc2S1(=O)=O. The lowest BCUT2D eigenvalue weighted by molar-refractivity contribution is 0.0212. The first kappa shape index (κ1) is 18.9. The molecule has 4 rings (SSSR count). The van der Waals surface area contributed by atoms with Crippen LogP contribution in [0.15, 0.2) is 40.6 Å². The van der Waals surface area contributed by atoms with Crippen LogP contribution in [0.2, 0.25) is 0 Å². The van der Waals surface area contributed by atoms with Gasteiger partial charge in [-0.2, -0.15) is 13.5 Å². The van der Waals surface area contributed by atoms with Gasteiger partial charge in [0.2, 0.25) is 5.03 Å². The van der Waals surface area contributed by atoms with Crippen molar-refractivity contribution in [2.24, 2.45) is 12.2 Å². The van der Waals surface area contributed by atoms with Crippen LogP contribution >= 0.6 is 0 Å². The molecular formula is C18H23N5O4S. The van der Waals surface area contributed by atoms with Crippen LogP contribution in [-0.4, -0.2) is 75.3 Å². The first-order chi connectivity index (χ1) is 13.5. The molecule has 28 heavy (non-hydrogen) atoms. The predicted molar refractivity (Wildman–Crippen MR) is 104 cm³/mol. The second-order valence-corrected chi connectivity index (χ2v) is 8.62. The number of aromatic nitrogens is 2. The van der Waals surface area contributed by atoms with E-state index in [1.165, 1.54) is 16.0 Å². The summed E-state index contributed by atoms with van der Waals surface area (Å²) in [7, 11) is -0.577. The van der Waals surface area contributed by atoms with Crippen molar-refractivity contribution in [1.82, 2.24) is 14.7 Å². The van der Waals surface area contributed by atoms with E-state index < -0.39 is 10.0 Å². The molecule has 0 radical (unpaired) electrons. The van der Waals surface area contributed by atoms with Crippen molar-refractivity contribution in [3.63, 3.8) is 0 Å². The molecule has 1 fully saturated rings. The minimum Gasteiger partial charge on any atom is -0.394 e. The molecule has 2 aliphatic heterocycles. The average molecular weight is 405 g/mol. The molecule has 1 aromatic carbocycles. The number of hydrogen-bond donors (Lipinski definition) is 0. The fraction of sp³-hybridized carbons (Fsp3) is 0.444. The molecule has 0 spiro atoms. The van der Waals surface area contributed by atoms with Crippen LogP contribution in [0.5, 0.6) is 0 Å². The summed E-state index contributed by atoms with van der Waals surface area (Å²) in [5.74, 6) is 0. The molecule has 2 aliphatic rings. The monoisotopic (exact) mass is 405 g/mol. The summed E-state index contributed by atoms with van der Waals surface area (Å²) in [6, 6.07) is 7.24. The minimum absolute atomic E-state index is 0.0239. The van der Waals surface area contributed by atoms with E-state index in [2.05, 4.69) is 15.2 Å². The number of benzene rings is 1. The zero-order valence-corrected chi connectivity index (χ0v) is 16.7. The van der Waals surface area contributed by atoms with Crippen LogP contribution in [0.25, 0.3) is 0 Å². The number of sulfonamides is 1. The molecule has 0 N–H and O–H groups in total. The molecular weight excluding hydrogens is 382 g/mol. The third-order valence-corrected chi connectivity index (χ3v) is 6.62. The molecule has 1 saturated heterocycles. The van der Waals surface area contributed by atoms with Gasteiger partial charge in [0, 0.05) is 45.5 Å². The molecule has 0 amide bonds. The Morgan fingerprint density at radius 1 is 1.18 bits per heavy atom. The number of rotatable bonds is 4. The Kier molecular flexibility index (Phi) is 5.09. The van der Waals surface area contributed by atoms with Crippen LogP contribution < -0.4 is 4.31 Å². The van der Waals surface area contributed by atoms with Crippen molar-refractivity contribution >= 4 is 21.4 Å². The summed E-state index contributed by atoms with van der Waals surface area (Å²) >= 11 is 0. The van der Waals surface area contributed by atoms with E-state index in [1.807, 2.05) is 12.1 Å². The number of aryl methyl sites for hydroxylation is 1. The molecule has 0 saturated carbocycles. The van der Waals surface area contributed by atoms with E-state index >= 15 is 0 Å². The van der Waals surface area contributed by atoms with Crippen molar-refractivity contribution in [2.75, 3.05) is 50.8 Å². The second-order valence-electron chi connectivity index (χ2n) is 6.74. The van der Waals surface area contributed by atoms with E-state index in [1.54, 1.807) is 25.4 Å². The van der Waals surface area contributed by atoms with Crippen LogP contribution in [0.1, 0.15) is 11.1 Å². The van der Waals surface area contributed by atoms with Crippen molar-refractivity contribution in [2.45, 2.75) is 5.03 Å². The smallest absolute Gasteiger partial charge is 0.284 e. The fourth-order valence-corrected chi connectivity index (χ4v) is 4.71. The lowest BCUT2D eigenvalue weighted by atomic mass is 10.0. The van der Waals surface area contributed by atoms with Gasteiger partial charge in [0.15, 0.2) is 0 Å². The van der Waals surface area contributed by atoms with Crippen LogP contribution in [0, 0.1) is 0 Å². The quantitative estimate of drug-likeness (QED) is 0.548. The van der Waals surface area contributed by atoms with Gasteiger partial charge in [-0.1, -0.05) is 23.4 Å². The Bertz CT molecular complexity index is 995. The maximum atomic E-state index is 13.0. The largest absolute Gasteiger partial charge is 0.394 e. The van der Waals surface area contributed by atoms with E-state index in [4.69, 9.17) is 9.57 Å². The fourth-order valence-electron chi connectivity index (χ4n) is 3.38. The number of hydrogen-bond acceptors (Lipinski definition) is 7. The molecule has 3 heterocycles. The van der Waals surface area contributed by atoms with Crippen molar-refractivity contribution < 1.29 is 18.0 Å². The summed E-state index contributed by atoms with van der Waals surface area (Å²) in [6.07, 6.45) is 1.66. The van der Waals surface area contributed by atoms with Crippen molar-refractivity contribution in [3.8, 4) is 0 Å². The molecule has 2 aromatic rings. The lowest BCUT2D eigenvalue weighted by Gasteiger charge is -2.25. The molecule has 150 valence electrons. The van der Waals surface area contributed by atoms with Gasteiger partial charge in [-0.3, -0.25) is 13.9 Å². The Labute approximate surface area is 164 Å². The second kappa shape index (κ2) is 7.53. The third kappa shape index (κ3) is 3.38. The maximum absolute atomic E-state index is 13.0. The highest BCUT2D eigenvalue weighted by Crippen LogP contribution is 2.33. The van der Waals surface area contributed by atoms with Gasteiger partial charge in [-0.15, -0.1) is 0 Å². The summed E-state index contributed by atoms with van der Waals surface area (Å²) in [6.45, 7) is 4.34. The Morgan fingerprint density at radius 3 is 2.71 bits per heavy atom. The van der Waals surface area contributed by atoms with E-state index in [0.717, 1.165) is 32.8 Å². The van der Waals surface area contributed by atoms with Gasteiger partial charge >= 0.3 is 0 Å². The highest BCUT2D eigenvalue weighted by atomic mass is 32.2. The van der Waals surface area contributed by atoms with E-state index in [0.29, 0.717) is 29.1 Å². The predicted octanol–water partition coefficient (Wildman–Crippen LogP) is 0.660. The Hall–Kier alpha value is -2.43. The highest BCUT2D eigenvalue weighted by Gasteiger charge is 2.36. The van der Waals surface area contributed by atoms with Gasteiger partial charge in [-0.25, -0.2) is 0 Å². The minimum atomic E-state index is -3.79. The zero-order valence-electron chi connectivity index (χ0n) is 15.9. The summed E-state index contributed by atoms with van der Waals surface area (Å²) in [5.41, 5.74) is 2.13. The zero-order chi connectivity index (χ0) is 19.7. The third-order valence-electron chi connectivity index (χ3n) is 4.91. The molecule has 0 bridgehead atoms. The molecule has 0 unspecified atom stereocenters. The molecule has 0 atom stereocenters. The number of anilines is 1. The van der Waals surface area contributed by atoms with Gasteiger partial charge in [0.1, 0.15) is 12.3 Å². The molecule has 1 aromatic heterocycles. The first-order valence-corrected chi connectivity index (χ1v) is 10.5. The maximum Gasteiger partial charge on any atom is 0.284 e. The first-order valence-electron chi connectivity index (χ1n) is 9.11. The van der Waals surface area contributed by atoms with Crippen molar-refractivity contribution in [1.29, 1.82) is 0 Å². The lowest BCUT2D eigenvalue weighted by Crippen LogP contribution is -2.38. The molecule has 0 aliphatic carbocycles. The standard InChI is InChI=1S/C18H23N5O4S/c1-21-13-15-17(20-27-12-9-23-7-10-26-11-8-23)14-5-3-4-6-16(14)22(2)28(24,25)18(15)19-21/h3-6,13H,7-12H2,1-2H3/b20-17+. The number of para-hydroxylation sites is 1. The Balaban J connectivity index is 1.68. The summed E-state index contributed by atoms with van der Waals surface area (Å²) in [4.78, 5) is 7.86. The van der Waals surface area contributed by atoms with Gasteiger partial charge in [0.25, 0.3) is 10.0 Å². The van der Waals surface area contributed by atoms with Gasteiger partial charge in [-0.05, 0) is 6.07 Å². The van der Waals surface area contributed by atoms with Crippen LogP contribution in [-0.2, 0) is 26.6 Å². The number of oxime groups is 1. The normalized spacial score (nSPS) is 20.5. The van der Waals surface area contributed by atoms with Crippen molar-refractivity contribution in [3.05, 3.63) is 41.6 Å². The van der Waals surface area contributed by atoms with E-state index in [-0.39, 0.29) is 5.03 Å². The highest BCUT2D eigenvalue weighted by molar-refractivity contribution is 7.92. The number of fused-ring (bicyclic) bond motifs is 2. The summed E-state index contributed by atoms with van der Waals surface area (Å²) < 4.78 is 34.1. The molecule has 9 nitrogen and oxygen atoms in total. The van der Waals surface area contributed by atoms with E-state index in [9.17, 15) is 8.42 Å². The summed E-state index contributed by atoms with van der Waals surface area (Å²) in [5, 5.41) is 8.49.